The van der Waals surface area contributed by atoms with Gasteiger partial charge in [0.15, 0.2) is 5.76 Å². The first-order valence-corrected chi connectivity index (χ1v) is 11.7. The third-order valence-corrected chi connectivity index (χ3v) is 6.46. The molecule has 0 atom stereocenters. The zero-order valence-corrected chi connectivity index (χ0v) is 19.2. The summed E-state index contributed by atoms with van der Waals surface area (Å²) in [7, 11) is 0. The molecular formula is C25H21ClN4O2S. The Labute approximate surface area is 200 Å². The lowest BCUT2D eigenvalue weighted by atomic mass is 10.1. The number of anilines is 1. The van der Waals surface area contributed by atoms with Crippen LogP contribution in [0.25, 0.3) is 5.57 Å². The zero-order chi connectivity index (χ0) is 22.6. The molecule has 0 unspecified atom stereocenters. The molecule has 3 aromatic heterocycles. The Morgan fingerprint density at radius 3 is 2.79 bits per heavy atom. The number of halogens is 1. The lowest BCUT2D eigenvalue weighted by Crippen LogP contribution is -2.21. The minimum absolute atomic E-state index is 0.232. The minimum atomic E-state index is -0.328. The van der Waals surface area contributed by atoms with Crippen molar-refractivity contribution >= 4 is 40.2 Å². The summed E-state index contributed by atoms with van der Waals surface area (Å²) in [5.41, 5.74) is 3.00. The maximum Gasteiger partial charge on any atom is 0.315 e. The van der Waals surface area contributed by atoms with Gasteiger partial charge in [-0.3, -0.25) is 4.79 Å². The molecule has 0 amide bonds. The fourth-order valence-electron chi connectivity index (χ4n) is 3.65. The number of nitrogens with zero attached hydrogens (tertiary/aromatic N) is 3. The molecular weight excluding hydrogens is 456 g/mol. The summed E-state index contributed by atoms with van der Waals surface area (Å²) in [4.78, 5) is 16.3. The quantitative estimate of drug-likeness (QED) is 0.359. The normalized spacial score (nSPS) is 13.2. The van der Waals surface area contributed by atoms with Crippen molar-refractivity contribution < 1.29 is 9.21 Å². The van der Waals surface area contributed by atoms with E-state index in [2.05, 4.69) is 33.6 Å². The number of thiophene rings is 1. The standard InChI is InChI=1S/C25H21ClN4O2S/c26-23-11-10-20(33-23)15-27-24-14-21(28-30(24)25(31)22-9-5-13-32-22)19-8-4-12-29(17-19)16-18-6-2-1-3-7-18/h1-14,27H,15-17H2. The van der Waals surface area contributed by atoms with Crippen LogP contribution in [0.1, 0.15) is 26.7 Å². The molecule has 0 saturated heterocycles. The van der Waals surface area contributed by atoms with Crippen molar-refractivity contribution in [3.8, 4) is 0 Å². The number of furan rings is 1. The predicted molar refractivity (Wildman–Crippen MR) is 131 cm³/mol. The van der Waals surface area contributed by atoms with Crippen molar-refractivity contribution in [2.75, 3.05) is 11.9 Å². The van der Waals surface area contributed by atoms with Gasteiger partial charge in [-0.05, 0) is 47.7 Å². The molecule has 0 bridgehead atoms. The van der Waals surface area contributed by atoms with Gasteiger partial charge in [0.2, 0.25) is 0 Å². The highest BCUT2D eigenvalue weighted by Crippen LogP contribution is 2.26. The average Bonchev–Trinajstić information content (AvgIpc) is 3.59. The third kappa shape index (κ3) is 4.94. The topological polar surface area (TPSA) is 63.3 Å². The third-order valence-electron chi connectivity index (χ3n) is 5.23. The Morgan fingerprint density at radius 2 is 2.03 bits per heavy atom. The number of rotatable bonds is 7. The Morgan fingerprint density at radius 1 is 1.15 bits per heavy atom. The minimum Gasteiger partial charge on any atom is -0.459 e. The molecule has 1 aliphatic heterocycles. The molecule has 0 fully saturated rings. The number of hydrogen-bond acceptors (Lipinski definition) is 6. The van der Waals surface area contributed by atoms with Gasteiger partial charge in [-0.25, -0.2) is 0 Å². The van der Waals surface area contributed by atoms with Crippen LogP contribution in [0.2, 0.25) is 4.34 Å². The summed E-state index contributed by atoms with van der Waals surface area (Å²) in [5.74, 6) is 0.502. The fourth-order valence-corrected chi connectivity index (χ4v) is 4.67. The molecule has 1 N–H and O–H groups in total. The Bertz CT molecular complexity index is 1310. The van der Waals surface area contributed by atoms with E-state index in [4.69, 9.17) is 16.0 Å². The summed E-state index contributed by atoms with van der Waals surface area (Å²) >= 11 is 7.55. The van der Waals surface area contributed by atoms with E-state index in [0.717, 1.165) is 27.0 Å². The van der Waals surface area contributed by atoms with Crippen molar-refractivity contribution in [1.29, 1.82) is 0 Å². The van der Waals surface area contributed by atoms with Crippen LogP contribution in [0, 0.1) is 0 Å². The summed E-state index contributed by atoms with van der Waals surface area (Å²) in [6, 6.07) is 19.4. The van der Waals surface area contributed by atoms with Gasteiger partial charge in [-0.1, -0.05) is 48.0 Å². The van der Waals surface area contributed by atoms with E-state index in [1.807, 2.05) is 48.6 Å². The Kier molecular flexibility index (Phi) is 6.15. The second-order valence-electron chi connectivity index (χ2n) is 7.59. The van der Waals surface area contributed by atoms with Crippen LogP contribution in [0.4, 0.5) is 5.82 Å². The smallest absolute Gasteiger partial charge is 0.315 e. The second kappa shape index (κ2) is 9.52. The lowest BCUT2D eigenvalue weighted by Gasteiger charge is -2.24. The summed E-state index contributed by atoms with van der Waals surface area (Å²) in [5, 5.41) is 7.97. The van der Waals surface area contributed by atoms with Crippen LogP contribution >= 0.6 is 22.9 Å². The first-order valence-electron chi connectivity index (χ1n) is 10.5. The van der Waals surface area contributed by atoms with Crippen LogP contribution in [-0.4, -0.2) is 27.1 Å². The van der Waals surface area contributed by atoms with Crippen molar-refractivity contribution in [3.05, 3.63) is 112 Å². The molecule has 0 spiro atoms. The lowest BCUT2D eigenvalue weighted by molar-refractivity contribution is 0.0919. The van der Waals surface area contributed by atoms with Gasteiger partial charge in [-0.15, -0.1) is 11.3 Å². The summed E-state index contributed by atoms with van der Waals surface area (Å²) in [6.45, 7) is 2.02. The maximum atomic E-state index is 13.0. The van der Waals surface area contributed by atoms with Crippen molar-refractivity contribution in [2.45, 2.75) is 13.1 Å². The van der Waals surface area contributed by atoms with Crippen molar-refractivity contribution in [1.82, 2.24) is 14.7 Å². The van der Waals surface area contributed by atoms with Crippen LogP contribution < -0.4 is 5.32 Å². The van der Waals surface area contributed by atoms with Crippen LogP contribution in [-0.2, 0) is 13.1 Å². The molecule has 0 radical (unpaired) electrons. The average molecular weight is 477 g/mol. The van der Waals surface area contributed by atoms with Gasteiger partial charge in [0.1, 0.15) is 5.82 Å². The van der Waals surface area contributed by atoms with Gasteiger partial charge in [0, 0.05) is 24.0 Å². The van der Waals surface area contributed by atoms with Gasteiger partial charge in [0.05, 0.1) is 22.8 Å². The van der Waals surface area contributed by atoms with Gasteiger partial charge < -0.3 is 14.6 Å². The molecule has 166 valence electrons. The molecule has 0 saturated carbocycles. The largest absolute Gasteiger partial charge is 0.459 e. The number of hydrogen-bond donors (Lipinski definition) is 1. The van der Waals surface area contributed by atoms with Crippen LogP contribution in [0.3, 0.4) is 0 Å². The molecule has 0 aliphatic carbocycles. The van der Waals surface area contributed by atoms with E-state index in [-0.39, 0.29) is 11.7 Å². The number of allylic oxidation sites excluding steroid dienone is 2. The maximum absolute atomic E-state index is 13.0. The highest BCUT2D eigenvalue weighted by Gasteiger charge is 2.21. The number of benzene rings is 1. The fraction of sp³-hybridized carbons (Fsp3) is 0.120. The van der Waals surface area contributed by atoms with E-state index in [0.29, 0.717) is 18.9 Å². The Hall–Kier alpha value is -3.55. The molecule has 5 rings (SSSR count). The van der Waals surface area contributed by atoms with E-state index >= 15 is 0 Å². The molecule has 33 heavy (non-hydrogen) atoms. The van der Waals surface area contributed by atoms with E-state index in [9.17, 15) is 4.79 Å². The van der Waals surface area contributed by atoms with E-state index in [1.54, 1.807) is 12.1 Å². The summed E-state index contributed by atoms with van der Waals surface area (Å²) in [6.07, 6.45) is 7.60. The SMILES string of the molecule is O=C(c1ccco1)n1nc(C2=CC=CN(Cc3ccccc3)C2)cc1NCc1ccc(Cl)s1. The zero-order valence-electron chi connectivity index (χ0n) is 17.6. The van der Waals surface area contributed by atoms with Gasteiger partial charge >= 0.3 is 5.91 Å². The van der Waals surface area contributed by atoms with E-state index in [1.165, 1.54) is 27.8 Å². The van der Waals surface area contributed by atoms with Crippen LogP contribution in [0.5, 0.6) is 0 Å². The first kappa shape index (κ1) is 21.3. The number of carbonyl (C=O) groups excluding carboxylic acids is 1. The highest BCUT2D eigenvalue weighted by atomic mass is 35.5. The van der Waals surface area contributed by atoms with Gasteiger partial charge in [-0.2, -0.15) is 9.78 Å². The molecule has 1 aromatic carbocycles. The molecule has 4 aromatic rings. The van der Waals surface area contributed by atoms with Crippen molar-refractivity contribution in [3.63, 3.8) is 0 Å². The molecule has 8 heteroatoms. The first-order chi connectivity index (χ1) is 16.2. The predicted octanol–water partition coefficient (Wildman–Crippen LogP) is 5.90. The summed E-state index contributed by atoms with van der Waals surface area (Å²) < 4.78 is 7.41. The molecule has 1 aliphatic rings. The molecule has 6 nitrogen and oxygen atoms in total. The van der Waals surface area contributed by atoms with Gasteiger partial charge in [0.25, 0.3) is 0 Å². The highest BCUT2D eigenvalue weighted by molar-refractivity contribution is 7.16. The number of nitrogens with one attached hydrogen (secondary N) is 1. The number of carbonyl (C=O) groups is 1. The van der Waals surface area contributed by atoms with E-state index < -0.39 is 0 Å². The Balaban J connectivity index is 1.39. The second-order valence-corrected chi connectivity index (χ2v) is 9.39. The monoisotopic (exact) mass is 476 g/mol. The van der Waals surface area contributed by atoms with Crippen LogP contribution in [0.15, 0.2) is 89.7 Å². The molecule has 4 heterocycles. The number of aromatic nitrogens is 2. The van der Waals surface area contributed by atoms with Crippen molar-refractivity contribution in [2.24, 2.45) is 0 Å².